The van der Waals surface area contributed by atoms with Crippen LogP contribution in [-0.2, 0) is 0 Å². The topological polar surface area (TPSA) is 102 Å². The maximum absolute atomic E-state index is 12.7. The second kappa shape index (κ2) is 6.18. The van der Waals surface area contributed by atoms with Gasteiger partial charge in [-0.2, -0.15) is 4.57 Å². The smallest absolute Gasteiger partial charge is 0.338 e. The molecule has 1 fully saturated rings. The first-order valence-electron chi connectivity index (χ1n) is 7.71. The third kappa shape index (κ3) is 2.72. The van der Waals surface area contributed by atoms with Gasteiger partial charge in [-0.15, -0.1) is 0 Å². The summed E-state index contributed by atoms with van der Waals surface area (Å²) in [5.74, 6) is -0.692. The van der Waals surface area contributed by atoms with Gasteiger partial charge in [0.15, 0.2) is 0 Å². The Bertz CT molecular complexity index is 874. The summed E-state index contributed by atoms with van der Waals surface area (Å²) in [6.07, 6.45) is -0.0782. The predicted molar refractivity (Wildman–Crippen MR) is 86.2 cm³/mol. The van der Waals surface area contributed by atoms with Crippen molar-refractivity contribution in [1.82, 2.24) is 9.13 Å². The molecule has 0 bridgehead atoms. The molecule has 7 heteroatoms. The van der Waals surface area contributed by atoms with Gasteiger partial charge in [-0.1, -0.05) is 18.2 Å². The third-order valence-electron chi connectivity index (χ3n) is 4.37. The predicted octanol–water partition coefficient (Wildman–Crippen LogP) is 0.0636. The summed E-state index contributed by atoms with van der Waals surface area (Å²) in [6.45, 7) is 1.52. The van der Waals surface area contributed by atoms with E-state index < -0.39 is 35.4 Å². The standard InChI is InChI=1S/C17H18N2O5/c1-10-9-18(12-7-13(20)14(21)8-12)17(24)19(15(10)22)16(23)11-5-3-2-4-6-11/h2-6,9,12-14,20-21H,7-8H2,1H3/t13-,14-/m1/s1. The largest absolute Gasteiger partial charge is 0.390 e. The highest BCUT2D eigenvalue weighted by Gasteiger charge is 2.34. The molecule has 126 valence electrons. The number of nitrogens with zero attached hydrogens (tertiary/aromatic N) is 2. The van der Waals surface area contributed by atoms with Crippen molar-refractivity contribution in [2.75, 3.05) is 0 Å². The molecule has 0 radical (unpaired) electrons. The van der Waals surface area contributed by atoms with Crippen molar-refractivity contribution in [3.8, 4) is 0 Å². The molecule has 2 aromatic rings. The van der Waals surface area contributed by atoms with Gasteiger partial charge in [0.2, 0.25) is 0 Å². The lowest BCUT2D eigenvalue weighted by molar-refractivity contribution is 0.0438. The Morgan fingerprint density at radius 2 is 1.67 bits per heavy atom. The zero-order valence-corrected chi connectivity index (χ0v) is 13.1. The van der Waals surface area contributed by atoms with E-state index in [0.717, 1.165) is 0 Å². The molecule has 2 atom stereocenters. The van der Waals surface area contributed by atoms with E-state index in [9.17, 15) is 24.6 Å². The summed E-state index contributed by atoms with van der Waals surface area (Å²) in [4.78, 5) is 37.6. The monoisotopic (exact) mass is 330 g/mol. The van der Waals surface area contributed by atoms with E-state index in [4.69, 9.17) is 0 Å². The zero-order chi connectivity index (χ0) is 17.4. The Hall–Kier alpha value is -2.51. The number of rotatable bonds is 2. The maximum atomic E-state index is 12.7. The Morgan fingerprint density at radius 1 is 1.08 bits per heavy atom. The first-order valence-corrected chi connectivity index (χ1v) is 7.71. The molecule has 7 nitrogen and oxygen atoms in total. The number of benzene rings is 1. The van der Waals surface area contributed by atoms with Crippen molar-refractivity contribution in [3.63, 3.8) is 0 Å². The lowest BCUT2D eigenvalue weighted by Gasteiger charge is -2.16. The fraction of sp³-hybridized carbons (Fsp3) is 0.353. The van der Waals surface area contributed by atoms with Crippen molar-refractivity contribution in [1.29, 1.82) is 0 Å². The fourth-order valence-corrected chi connectivity index (χ4v) is 3.04. The second-order valence-corrected chi connectivity index (χ2v) is 6.07. The number of carbonyl (C=O) groups excluding carboxylic acids is 1. The van der Waals surface area contributed by atoms with Crippen LogP contribution in [0, 0.1) is 6.92 Å². The summed E-state index contributed by atoms with van der Waals surface area (Å²) >= 11 is 0. The Balaban J connectivity index is 2.12. The highest BCUT2D eigenvalue weighted by atomic mass is 16.3. The maximum Gasteiger partial charge on any atom is 0.338 e. The van der Waals surface area contributed by atoms with Gasteiger partial charge in [-0.25, -0.2) is 4.79 Å². The molecule has 1 aliphatic carbocycles. The number of hydrogen-bond acceptors (Lipinski definition) is 5. The van der Waals surface area contributed by atoms with Crippen molar-refractivity contribution < 1.29 is 15.0 Å². The lowest BCUT2D eigenvalue weighted by atomic mass is 10.2. The summed E-state index contributed by atoms with van der Waals surface area (Å²) in [7, 11) is 0. The first kappa shape index (κ1) is 16.4. The van der Waals surface area contributed by atoms with E-state index in [-0.39, 0.29) is 24.0 Å². The minimum absolute atomic E-state index is 0.193. The second-order valence-electron chi connectivity index (χ2n) is 6.07. The lowest BCUT2D eigenvalue weighted by Crippen LogP contribution is -2.45. The van der Waals surface area contributed by atoms with Gasteiger partial charge >= 0.3 is 5.69 Å². The third-order valence-corrected chi connectivity index (χ3v) is 4.37. The van der Waals surface area contributed by atoms with Crippen LogP contribution in [-0.4, -0.2) is 37.5 Å². The number of hydrogen-bond donors (Lipinski definition) is 2. The molecule has 0 aliphatic heterocycles. The van der Waals surface area contributed by atoms with E-state index in [1.54, 1.807) is 18.2 Å². The number of aliphatic hydroxyl groups excluding tert-OH is 2. The molecule has 1 aromatic carbocycles. The van der Waals surface area contributed by atoms with Gasteiger partial charge < -0.3 is 10.2 Å². The van der Waals surface area contributed by atoms with E-state index in [2.05, 4.69) is 0 Å². The van der Waals surface area contributed by atoms with Crippen molar-refractivity contribution in [2.45, 2.75) is 38.0 Å². The minimum atomic E-state index is -0.924. The molecule has 1 heterocycles. The normalized spacial score (nSPS) is 21.1. The molecule has 1 aromatic heterocycles. The van der Waals surface area contributed by atoms with Crippen LogP contribution < -0.4 is 11.2 Å². The average Bonchev–Trinajstić information content (AvgIpc) is 2.90. The van der Waals surface area contributed by atoms with Gasteiger partial charge in [0.1, 0.15) is 0 Å². The highest BCUT2D eigenvalue weighted by molar-refractivity contribution is 5.95. The van der Waals surface area contributed by atoms with E-state index >= 15 is 0 Å². The summed E-state index contributed by atoms with van der Waals surface area (Å²) < 4.78 is 1.87. The fourth-order valence-electron chi connectivity index (χ4n) is 3.04. The Kier molecular flexibility index (Phi) is 4.21. The Labute approximate surface area is 137 Å². The first-order chi connectivity index (χ1) is 11.4. The van der Waals surface area contributed by atoms with Gasteiger partial charge in [0.25, 0.3) is 11.5 Å². The molecular weight excluding hydrogens is 312 g/mol. The molecular formula is C17H18N2O5. The molecule has 3 rings (SSSR count). The molecule has 1 aliphatic rings. The minimum Gasteiger partial charge on any atom is -0.390 e. The molecule has 2 N–H and O–H groups in total. The van der Waals surface area contributed by atoms with E-state index in [1.807, 2.05) is 0 Å². The van der Waals surface area contributed by atoms with Gasteiger partial charge in [-0.3, -0.25) is 14.2 Å². The van der Waals surface area contributed by atoms with Crippen molar-refractivity contribution in [3.05, 3.63) is 68.5 Å². The van der Waals surface area contributed by atoms with Crippen LogP contribution in [0.2, 0.25) is 0 Å². The van der Waals surface area contributed by atoms with Crippen LogP contribution in [0.4, 0.5) is 0 Å². The van der Waals surface area contributed by atoms with Crippen LogP contribution in [0.3, 0.4) is 0 Å². The molecule has 24 heavy (non-hydrogen) atoms. The van der Waals surface area contributed by atoms with Crippen LogP contribution in [0.25, 0.3) is 0 Å². The Morgan fingerprint density at radius 3 is 2.25 bits per heavy atom. The number of aromatic nitrogens is 2. The molecule has 0 unspecified atom stereocenters. The van der Waals surface area contributed by atoms with Crippen LogP contribution in [0.1, 0.15) is 34.8 Å². The zero-order valence-electron chi connectivity index (χ0n) is 13.1. The molecule has 0 amide bonds. The number of aliphatic hydroxyl groups is 2. The molecule has 0 saturated heterocycles. The van der Waals surface area contributed by atoms with Crippen LogP contribution >= 0.6 is 0 Å². The van der Waals surface area contributed by atoms with Crippen molar-refractivity contribution >= 4 is 5.91 Å². The number of aryl methyl sites for hydroxylation is 1. The van der Waals surface area contributed by atoms with E-state index in [0.29, 0.717) is 4.57 Å². The van der Waals surface area contributed by atoms with Crippen LogP contribution in [0.15, 0.2) is 46.1 Å². The molecule has 0 spiro atoms. The summed E-state index contributed by atoms with van der Waals surface area (Å²) in [6, 6.07) is 7.63. The SMILES string of the molecule is Cc1cn(C2C[C@@H](O)[C@H](O)C2)c(=O)n(C(=O)c2ccccc2)c1=O. The van der Waals surface area contributed by atoms with Crippen molar-refractivity contribution in [2.24, 2.45) is 0 Å². The van der Waals surface area contributed by atoms with Gasteiger partial charge in [0.05, 0.1) is 12.2 Å². The average molecular weight is 330 g/mol. The highest BCUT2D eigenvalue weighted by Crippen LogP contribution is 2.29. The summed E-state index contributed by atoms with van der Waals surface area (Å²) in [5, 5.41) is 19.4. The number of carbonyl (C=O) groups is 1. The van der Waals surface area contributed by atoms with Crippen LogP contribution in [0.5, 0.6) is 0 Å². The quantitative estimate of drug-likeness (QED) is 0.811. The summed E-state index contributed by atoms with van der Waals surface area (Å²) in [5.41, 5.74) is -0.940. The van der Waals surface area contributed by atoms with Gasteiger partial charge in [0, 0.05) is 23.4 Å². The van der Waals surface area contributed by atoms with E-state index in [1.165, 1.54) is 29.8 Å². The molecule has 1 saturated carbocycles. The van der Waals surface area contributed by atoms with Gasteiger partial charge in [-0.05, 0) is 31.9 Å².